The van der Waals surface area contributed by atoms with E-state index in [1.807, 2.05) is 32.0 Å². The van der Waals surface area contributed by atoms with Crippen LogP contribution in [0.1, 0.15) is 29.5 Å². The van der Waals surface area contributed by atoms with Crippen LogP contribution in [-0.4, -0.2) is 35.2 Å². The van der Waals surface area contributed by atoms with Crippen LogP contribution in [0.4, 0.5) is 11.4 Å². The standard InChI is InChI=1S/C24H22ClN3O3/c1-12-5-7-14(8-6-12)28-21(29)18-17-4-3-11-27(17)24(19(18)22(28)30)15-9-10-16(25)13(2)20(15)26-23(24)31/h5-10,17-19H,3-4,11H2,1-2H3,(H,26,31)/t17-,18+,19-,24-/m0/s1. The van der Waals surface area contributed by atoms with E-state index in [1.165, 1.54) is 4.90 Å². The Balaban J connectivity index is 1.56. The molecule has 0 saturated carbocycles. The highest BCUT2D eigenvalue weighted by Gasteiger charge is 2.74. The molecule has 0 bridgehead atoms. The van der Waals surface area contributed by atoms with Crippen molar-refractivity contribution in [3.8, 4) is 0 Å². The number of carbonyl (C=O) groups is 3. The third-order valence-electron chi connectivity index (χ3n) is 7.65. The zero-order valence-electron chi connectivity index (χ0n) is 17.3. The molecule has 1 spiro atoms. The number of aryl methyl sites for hydroxylation is 1. The van der Waals surface area contributed by atoms with E-state index in [1.54, 1.807) is 18.2 Å². The Morgan fingerprint density at radius 2 is 1.77 bits per heavy atom. The van der Waals surface area contributed by atoms with Crippen molar-refractivity contribution in [2.45, 2.75) is 38.3 Å². The van der Waals surface area contributed by atoms with Crippen molar-refractivity contribution >= 4 is 40.7 Å². The molecule has 6 rings (SSSR count). The van der Waals surface area contributed by atoms with Crippen molar-refractivity contribution in [1.82, 2.24) is 4.90 Å². The molecule has 4 atom stereocenters. The molecule has 4 aliphatic heterocycles. The van der Waals surface area contributed by atoms with Crippen molar-refractivity contribution in [1.29, 1.82) is 0 Å². The molecule has 4 heterocycles. The van der Waals surface area contributed by atoms with Crippen molar-refractivity contribution < 1.29 is 14.4 Å². The quantitative estimate of drug-likeness (QED) is 0.697. The third kappa shape index (κ3) is 2.14. The number of benzene rings is 2. The van der Waals surface area contributed by atoms with Crippen LogP contribution in [0.5, 0.6) is 0 Å². The Morgan fingerprint density at radius 1 is 1.03 bits per heavy atom. The number of rotatable bonds is 1. The van der Waals surface area contributed by atoms with E-state index in [2.05, 4.69) is 10.2 Å². The van der Waals surface area contributed by atoms with Gasteiger partial charge in [0.2, 0.25) is 17.7 Å². The largest absolute Gasteiger partial charge is 0.324 e. The molecule has 158 valence electrons. The van der Waals surface area contributed by atoms with Crippen molar-refractivity contribution in [3.63, 3.8) is 0 Å². The molecule has 6 nitrogen and oxygen atoms in total. The van der Waals surface area contributed by atoms with Crippen LogP contribution in [-0.2, 0) is 19.9 Å². The third-order valence-corrected chi connectivity index (χ3v) is 8.06. The number of nitrogens with one attached hydrogen (secondary N) is 1. The van der Waals surface area contributed by atoms with E-state index in [9.17, 15) is 14.4 Å². The minimum atomic E-state index is -1.16. The van der Waals surface area contributed by atoms with E-state index in [0.29, 0.717) is 22.9 Å². The number of nitrogens with zero attached hydrogens (tertiary/aromatic N) is 2. The number of anilines is 2. The van der Waals surface area contributed by atoms with Gasteiger partial charge in [-0.25, -0.2) is 4.90 Å². The highest BCUT2D eigenvalue weighted by molar-refractivity contribution is 6.32. The Morgan fingerprint density at radius 3 is 2.52 bits per heavy atom. The lowest BCUT2D eigenvalue weighted by molar-refractivity contribution is -0.135. The Hall–Kier alpha value is -2.70. The first-order valence-electron chi connectivity index (χ1n) is 10.7. The van der Waals surface area contributed by atoms with Gasteiger partial charge < -0.3 is 5.32 Å². The number of hydrogen-bond donors (Lipinski definition) is 1. The molecule has 2 aromatic rings. The molecule has 7 heteroatoms. The lowest BCUT2D eigenvalue weighted by Gasteiger charge is -2.36. The minimum Gasteiger partial charge on any atom is -0.324 e. The van der Waals surface area contributed by atoms with Crippen molar-refractivity contribution in [3.05, 3.63) is 58.1 Å². The van der Waals surface area contributed by atoms with Crippen LogP contribution < -0.4 is 10.2 Å². The first kappa shape index (κ1) is 19.0. The van der Waals surface area contributed by atoms with E-state index >= 15 is 0 Å². The van der Waals surface area contributed by atoms with Gasteiger partial charge >= 0.3 is 0 Å². The lowest BCUT2D eigenvalue weighted by Crippen LogP contribution is -2.54. The summed E-state index contributed by atoms with van der Waals surface area (Å²) >= 11 is 6.33. The maximum atomic E-state index is 13.9. The van der Waals surface area contributed by atoms with E-state index in [4.69, 9.17) is 11.6 Å². The van der Waals surface area contributed by atoms with Crippen LogP contribution in [0.15, 0.2) is 36.4 Å². The zero-order valence-corrected chi connectivity index (χ0v) is 18.1. The molecule has 4 aliphatic rings. The fraction of sp³-hybridized carbons (Fsp3) is 0.375. The summed E-state index contributed by atoms with van der Waals surface area (Å²) in [6.45, 7) is 4.52. The molecular weight excluding hydrogens is 414 g/mol. The summed E-state index contributed by atoms with van der Waals surface area (Å²) in [7, 11) is 0. The second-order valence-corrected chi connectivity index (χ2v) is 9.48. The molecule has 0 aliphatic carbocycles. The van der Waals surface area contributed by atoms with Crippen molar-refractivity contribution in [2.75, 3.05) is 16.8 Å². The summed E-state index contributed by atoms with van der Waals surface area (Å²) in [6, 6.07) is 10.9. The van der Waals surface area contributed by atoms with E-state index in [-0.39, 0.29) is 23.8 Å². The normalized spacial score (nSPS) is 31.4. The fourth-order valence-electron chi connectivity index (χ4n) is 6.34. The summed E-state index contributed by atoms with van der Waals surface area (Å²) in [5.41, 5.74) is 2.70. The summed E-state index contributed by atoms with van der Waals surface area (Å²) in [5, 5.41) is 3.58. The van der Waals surface area contributed by atoms with Gasteiger partial charge in [-0.2, -0.15) is 0 Å². The smallest absolute Gasteiger partial charge is 0.250 e. The molecule has 0 radical (unpaired) electrons. The zero-order chi connectivity index (χ0) is 21.7. The van der Waals surface area contributed by atoms with Crippen LogP contribution in [0.25, 0.3) is 0 Å². The predicted molar refractivity (Wildman–Crippen MR) is 117 cm³/mol. The predicted octanol–water partition coefficient (Wildman–Crippen LogP) is 3.39. The first-order chi connectivity index (χ1) is 14.9. The molecule has 3 saturated heterocycles. The van der Waals surface area contributed by atoms with Crippen LogP contribution in [0.3, 0.4) is 0 Å². The van der Waals surface area contributed by atoms with Crippen molar-refractivity contribution in [2.24, 2.45) is 11.8 Å². The Labute approximate surface area is 185 Å². The SMILES string of the molecule is Cc1ccc(N2C(=O)[C@H]3[C@@H](C2=O)[C@@]2(C(=O)Nc4c2ccc(Cl)c4C)N2CCC[C@@H]32)cc1. The van der Waals surface area contributed by atoms with Gasteiger partial charge in [-0.15, -0.1) is 0 Å². The Bertz CT molecular complexity index is 1180. The molecule has 3 fully saturated rings. The average molecular weight is 436 g/mol. The fourth-order valence-corrected chi connectivity index (χ4v) is 6.50. The highest BCUT2D eigenvalue weighted by atomic mass is 35.5. The van der Waals surface area contributed by atoms with Crippen LogP contribution in [0, 0.1) is 25.7 Å². The monoisotopic (exact) mass is 435 g/mol. The Kier molecular flexibility index (Phi) is 3.79. The van der Waals surface area contributed by atoms with Crippen LogP contribution >= 0.6 is 11.6 Å². The minimum absolute atomic E-state index is 0.121. The number of amides is 3. The van der Waals surface area contributed by atoms with Gasteiger partial charge in [0, 0.05) is 16.6 Å². The maximum absolute atomic E-state index is 13.9. The molecule has 3 amide bonds. The molecule has 2 aromatic carbocycles. The number of halogens is 1. The molecule has 0 unspecified atom stereocenters. The number of fused-ring (bicyclic) bond motifs is 7. The highest BCUT2D eigenvalue weighted by Crippen LogP contribution is 2.61. The summed E-state index contributed by atoms with van der Waals surface area (Å²) in [5.74, 6) is -1.97. The molecule has 0 aromatic heterocycles. The van der Waals surface area contributed by atoms with Gasteiger partial charge in [0.1, 0.15) is 5.54 Å². The maximum Gasteiger partial charge on any atom is 0.250 e. The van der Waals surface area contributed by atoms with Crippen LogP contribution in [0.2, 0.25) is 5.02 Å². The van der Waals surface area contributed by atoms with Gasteiger partial charge in [-0.05, 0) is 57.0 Å². The molecule has 31 heavy (non-hydrogen) atoms. The van der Waals surface area contributed by atoms with E-state index in [0.717, 1.165) is 29.5 Å². The van der Waals surface area contributed by atoms with Gasteiger partial charge in [-0.3, -0.25) is 19.3 Å². The topological polar surface area (TPSA) is 69.7 Å². The van der Waals surface area contributed by atoms with Gasteiger partial charge in [0.15, 0.2) is 0 Å². The lowest BCUT2D eigenvalue weighted by atomic mass is 9.75. The second kappa shape index (κ2) is 6.17. The summed E-state index contributed by atoms with van der Waals surface area (Å²) in [4.78, 5) is 44.6. The van der Waals surface area contributed by atoms with Gasteiger partial charge in [0.25, 0.3) is 0 Å². The number of hydrogen-bond acceptors (Lipinski definition) is 4. The summed E-state index contributed by atoms with van der Waals surface area (Å²) in [6.07, 6.45) is 1.70. The average Bonchev–Trinajstić information content (AvgIpc) is 3.45. The second-order valence-electron chi connectivity index (χ2n) is 9.07. The van der Waals surface area contributed by atoms with E-state index < -0.39 is 17.4 Å². The molecule has 1 N–H and O–H groups in total. The van der Waals surface area contributed by atoms with Gasteiger partial charge in [0.05, 0.1) is 23.2 Å². The van der Waals surface area contributed by atoms with Gasteiger partial charge in [-0.1, -0.05) is 35.4 Å². The summed E-state index contributed by atoms with van der Waals surface area (Å²) < 4.78 is 0. The molecular formula is C24H22ClN3O3. The number of imide groups is 1. The number of carbonyl (C=O) groups excluding carboxylic acids is 3. The first-order valence-corrected chi connectivity index (χ1v) is 11.1.